The van der Waals surface area contributed by atoms with Gasteiger partial charge in [0, 0.05) is 13.1 Å². The highest BCUT2D eigenvalue weighted by Gasteiger charge is 2.29. The molecule has 0 radical (unpaired) electrons. The monoisotopic (exact) mass is 308 g/mol. The highest BCUT2D eigenvalue weighted by molar-refractivity contribution is 6.16. The Bertz CT molecular complexity index is 624. The molecule has 3 rings (SSSR count). The van der Waals surface area contributed by atoms with Crippen LogP contribution in [0.1, 0.15) is 63.5 Å². The van der Waals surface area contributed by atoms with E-state index in [2.05, 4.69) is 23.5 Å². The SMILES string of the molecule is CCCc1nn(C)c2c1nc(CCl)n2C(CC)CC1CC1. The van der Waals surface area contributed by atoms with Gasteiger partial charge < -0.3 is 4.57 Å². The number of imidazole rings is 1. The number of rotatable bonds is 7. The van der Waals surface area contributed by atoms with Crippen LogP contribution in [-0.2, 0) is 19.3 Å². The van der Waals surface area contributed by atoms with Crippen molar-refractivity contribution in [3.63, 3.8) is 0 Å². The summed E-state index contributed by atoms with van der Waals surface area (Å²) in [5, 5.41) is 4.68. The largest absolute Gasteiger partial charge is 0.309 e. The van der Waals surface area contributed by atoms with Gasteiger partial charge in [0.15, 0.2) is 5.65 Å². The number of aromatic nitrogens is 4. The molecule has 0 amide bonds. The number of halogens is 1. The van der Waals surface area contributed by atoms with Crippen molar-refractivity contribution < 1.29 is 0 Å². The number of alkyl halides is 1. The second kappa shape index (κ2) is 5.99. The van der Waals surface area contributed by atoms with E-state index in [4.69, 9.17) is 16.6 Å². The molecule has 1 aliphatic carbocycles. The van der Waals surface area contributed by atoms with Crippen molar-refractivity contribution >= 4 is 22.8 Å². The van der Waals surface area contributed by atoms with E-state index in [1.165, 1.54) is 19.3 Å². The molecule has 1 atom stereocenters. The molecule has 1 aliphatic rings. The van der Waals surface area contributed by atoms with E-state index in [-0.39, 0.29) is 0 Å². The Morgan fingerprint density at radius 1 is 1.33 bits per heavy atom. The van der Waals surface area contributed by atoms with Crippen molar-refractivity contribution in [1.29, 1.82) is 0 Å². The molecule has 2 aromatic rings. The quantitative estimate of drug-likeness (QED) is 0.718. The molecule has 0 aliphatic heterocycles. The van der Waals surface area contributed by atoms with Crippen molar-refractivity contribution in [3.8, 4) is 0 Å². The average Bonchev–Trinajstić information content (AvgIpc) is 3.14. The highest BCUT2D eigenvalue weighted by atomic mass is 35.5. The smallest absolute Gasteiger partial charge is 0.158 e. The summed E-state index contributed by atoms with van der Waals surface area (Å²) < 4.78 is 4.37. The molecular formula is C16H25ClN4. The van der Waals surface area contributed by atoms with Gasteiger partial charge in [-0.25, -0.2) is 4.98 Å². The summed E-state index contributed by atoms with van der Waals surface area (Å²) in [4.78, 5) is 4.81. The molecule has 0 bridgehead atoms. The van der Waals surface area contributed by atoms with E-state index in [0.717, 1.165) is 47.9 Å². The van der Waals surface area contributed by atoms with Crippen LogP contribution >= 0.6 is 11.6 Å². The van der Waals surface area contributed by atoms with Gasteiger partial charge in [0.25, 0.3) is 0 Å². The van der Waals surface area contributed by atoms with Crippen LogP contribution in [0.5, 0.6) is 0 Å². The fourth-order valence-electron chi connectivity index (χ4n) is 3.32. The summed E-state index contributed by atoms with van der Waals surface area (Å²) in [6.07, 6.45) is 7.22. The predicted octanol–water partition coefficient (Wildman–Crippen LogP) is 4.21. The molecule has 0 N–H and O–H groups in total. The summed E-state index contributed by atoms with van der Waals surface area (Å²) in [6, 6.07) is 0.501. The van der Waals surface area contributed by atoms with Gasteiger partial charge in [0.05, 0.1) is 11.6 Å². The van der Waals surface area contributed by atoms with Crippen molar-refractivity contribution in [3.05, 3.63) is 11.5 Å². The Morgan fingerprint density at radius 2 is 2.10 bits per heavy atom. The number of fused-ring (bicyclic) bond motifs is 1. The van der Waals surface area contributed by atoms with E-state index in [9.17, 15) is 0 Å². The van der Waals surface area contributed by atoms with Gasteiger partial charge in [-0.05, 0) is 25.2 Å². The van der Waals surface area contributed by atoms with Crippen molar-refractivity contribution in [2.24, 2.45) is 13.0 Å². The Balaban J connectivity index is 2.09. The van der Waals surface area contributed by atoms with Crippen molar-refractivity contribution in [1.82, 2.24) is 19.3 Å². The topological polar surface area (TPSA) is 35.6 Å². The first-order chi connectivity index (χ1) is 10.2. The van der Waals surface area contributed by atoms with Gasteiger partial charge in [0.1, 0.15) is 11.3 Å². The van der Waals surface area contributed by atoms with Crippen LogP contribution < -0.4 is 0 Å². The van der Waals surface area contributed by atoms with E-state index in [1.54, 1.807) is 0 Å². The summed E-state index contributed by atoms with van der Waals surface area (Å²) in [6.45, 7) is 4.45. The molecule has 2 aromatic heterocycles. The van der Waals surface area contributed by atoms with E-state index >= 15 is 0 Å². The Hall–Kier alpha value is -1.03. The summed E-state index contributed by atoms with van der Waals surface area (Å²) in [5.41, 5.74) is 3.33. The lowest BCUT2D eigenvalue weighted by Gasteiger charge is -2.19. The zero-order valence-corrected chi connectivity index (χ0v) is 14.0. The minimum Gasteiger partial charge on any atom is -0.309 e. The van der Waals surface area contributed by atoms with E-state index < -0.39 is 0 Å². The zero-order chi connectivity index (χ0) is 15.0. The van der Waals surface area contributed by atoms with E-state index in [1.807, 2.05) is 11.7 Å². The van der Waals surface area contributed by atoms with Crippen LogP contribution in [0.3, 0.4) is 0 Å². The molecule has 2 heterocycles. The third-order valence-corrected chi connectivity index (χ3v) is 4.79. The molecule has 21 heavy (non-hydrogen) atoms. The fourth-order valence-corrected chi connectivity index (χ4v) is 3.51. The lowest BCUT2D eigenvalue weighted by molar-refractivity contribution is 0.423. The first-order valence-electron chi connectivity index (χ1n) is 8.18. The molecule has 5 heteroatoms. The van der Waals surface area contributed by atoms with Crippen LogP contribution in [0.25, 0.3) is 11.2 Å². The standard InChI is InChI=1S/C16H25ClN4/c1-4-6-13-15-16(20(3)19-13)21(14(10-17)18-15)12(5-2)9-11-7-8-11/h11-12H,4-10H2,1-3H3. The third-order valence-electron chi connectivity index (χ3n) is 4.55. The van der Waals surface area contributed by atoms with Crippen LogP contribution in [0.15, 0.2) is 0 Å². The molecule has 1 saturated carbocycles. The Kier molecular flexibility index (Phi) is 4.25. The molecule has 4 nitrogen and oxygen atoms in total. The van der Waals surface area contributed by atoms with Crippen LogP contribution in [0.4, 0.5) is 0 Å². The van der Waals surface area contributed by atoms with Crippen molar-refractivity contribution in [2.45, 2.75) is 64.3 Å². The first kappa shape index (κ1) is 14.9. The summed E-state index contributed by atoms with van der Waals surface area (Å²) >= 11 is 6.18. The Morgan fingerprint density at radius 3 is 2.67 bits per heavy atom. The molecule has 0 spiro atoms. The lowest BCUT2D eigenvalue weighted by atomic mass is 10.1. The number of nitrogens with zero attached hydrogens (tertiary/aromatic N) is 4. The lowest BCUT2D eigenvalue weighted by Crippen LogP contribution is -2.14. The van der Waals surface area contributed by atoms with Crippen LogP contribution in [0, 0.1) is 5.92 Å². The minimum atomic E-state index is 0.474. The maximum Gasteiger partial charge on any atom is 0.158 e. The minimum absolute atomic E-state index is 0.474. The molecule has 1 fully saturated rings. The van der Waals surface area contributed by atoms with E-state index in [0.29, 0.717) is 11.9 Å². The first-order valence-corrected chi connectivity index (χ1v) is 8.71. The molecule has 0 aromatic carbocycles. The van der Waals surface area contributed by atoms with Gasteiger partial charge in [-0.3, -0.25) is 4.68 Å². The predicted molar refractivity (Wildman–Crippen MR) is 86.7 cm³/mol. The zero-order valence-electron chi connectivity index (χ0n) is 13.3. The van der Waals surface area contributed by atoms with Gasteiger partial charge in [0.2, 0.25) is 0 Å². The maximum absolute atomic E-state index is 6.18. The summed E-state index contributed by atoms with van der Waals surface area (Å²) in [5.74, 6) is 2.38. The average molecular weight is 309 g/mol. The number of hydrogen-bond acceptors (Lipinski definition) is 2. The molecular weight excluding hydrogens is 284 g/mol. The number of hydrogen-bond donors (Lipinski definition) is 0. The number of aryl methyl sites for hydroxylation is 2. The van der Waals surface area contributed by atoms with Gasteiger partial charge in [-0.2, -0.15) is 5.10 Å². The van der Waals surface area contributed by atoms with Crippen molar-refractivity contribution in [2.75, 3.05) is 0 Å². The van der Waals surface area contributed by atoms with Crippen LogP contribution in [0.2, 0.25) is 0 Å². The fraction of sp³-hybridized carbons (Fsp3) is 0.750. The second-order valence-electron chi connectivity index (χ2n) is 6.27. The summed E-state index contributed by atoms with van der Waals surface area (Å²) in [7, 11) is 2.03. The highest BCUT2D eigenvalue weighted by Crippen LogP contribution is 2.39. The normalized spacial score (nSPS) is 16.8. The maximum atomic E-state index is 6.18. The molecule has 0 saturated heterocycles. The van der Waals surface area contributed by atoms with Gasteiger partial charge in [-0.15, -0.1) is 11.6 Å². The van der Waals surface area contributed by atoms with Gasteiger partial charge in [-0.1, -0.05) is 33.1 Å². The Labute approximate surface area is 131 Å². The molecule has 1 unspecified atom stereocenters. The van der Waals surface area contributed by atoms with Crippen LogP contribution in [-0.4, -0.2) is 19.3 Å². The second-order valence-corrected chi connectivity index (χ2v) is 6.53. The van der Waals surface area contributed by atoms with Gasteiger partial charge >= 0.3 is 0 Å². The third kappa shape index (κ3) is 2.70. The molecule has 116 valence electrons.